The summed E-state index contributed by atoms with van der Waals surface area (Å²) >= 11 is 0. The molecule has 1 aromatic heterocycles. The summed E-state index contributed by atoms with van der Waals surface area (Å²) in [6, 6.07) is 4.21. The number of rotatable bonds is 3. The molecule has 0 radical (unpaired) electrons. The highest BCUT2D eigenvalue weighted by molar-refractivity contribution is 6.04. The number of nitrogens with one attached hydrogen (secondary N) is 1. The second kappa shape index (κ2) is 5.57. The van der Waals surface area contributed by atoms with E-state index in [1.807, 2.05) is 5.32 Å². The molecule has 0 unspecified atom stereocenters. The van der Waals surface area contributed by atoms with Gasteiger partial charge in [-0.2, -0.15) is 8.78 Å². The molecule has 0 saturated carbocycles. The van der Waals surface area contributed by atoms with Crippen LogP contribution in [0, 0.1) is 27.7 Å². The first-order valence-electron chi connectivity index (χ1n) is 5.46. The lowest BCUT2D eigenvalue weighted by atomic mass is 10.1. The Labute approximate surface area is 115 Å². The van der Waals surface area contributed by atoms with Crippen molar-refractivity contribution < 1.29 is 22.9 Å². The molecule has 108 valence electrons. The van der Waals surface area contributed by atoms with E-state index in [9.17, 15) is 28.1 Å². The molecule has 0 spiro atoms. The van der Waals surface area contributed by atoms with Crippen molar-refractivity contribution >= 4 is 17.4 Å². The van der Waals surface area contributed by atoms with Crippen LogP contribution in [0.4, 0.5) is 24.7 Å². The number of anilines is 1. The lowest BCUT2D eigenvalue weighted by Gasteiger charge is -2.05. The molecular formula is C12H6F3N3O3. The number of halogens is 3. The van der Waals surface area contributed by atoms with Crippen LogP contribution in [0.15, 0.2) is 30.3 Å². The Morgan fingerprint density at radius 1 is 1.19 bits per heavy atom. The second-order valence-electron chi connectivity index (χ2n) is 3.84. The van der Waals surface area contributed by atoms with E-state index in [-0.39, 0.29) is 5.82 Å². The van der Waals surface area contributed by atoms with Gasteiger partial charge in [-0.1, -0.05) is 6.07 Å². The molecule has 0 atom stereocenters. The predicted molar refractivity (Wildman–Crippen MR) is 65.2 cm³/mol. The van der Waals surface area contributed by atoms with Crippen LogP contribution in [0.2, 0.25) is 0 Å². The summed E-state index contributed by atoms with van der Waals surface area (Å²) in [5.74, 6) is -4.84. The minimum absolute atomic E-state index is 0.210. The van der Waals surface area contributed by atoms with Crippen LogP contribution in [-0.2, 0) is 0 Å². The van der Waals surface area contributed by atoms with E-state index in [4.69, 9.17) is 0 Å². The normalized spacial score (nSPS) is 10.2. The van der Waals surface area contributed by atoms with Gasteiger partial charge in [-0.25, -0.2) is 9.37 Å². The fourth-order valence-corrected chi connectivity index (χ4v) is 1.51. The Hall–Kier alpha value is -2.97. The lowest BCUT2D eigenvalue weighted by molar-refractivity contribution is -0.387. The molecule has 0 fully saturated rings. The molecule has 1 amide bonds. The van der Waals surface area contributed by atoms with E-state index < -0.39 is 39.7 Å². The standard InChI is InChI=1S/C12H6F3N3O3/c13-7-5-9(18(20)21)8(14)4-6(7)12(19)17-11-3-1-2-10(15)16-11/h1-5H,(H,16,17,19). The van der Waals surface area contributed by atoms with Crippen molar-refractivity contribution in [2.45, 2.75) is 0 Å². The Balaban J connectivity index is 2.31. The first kappa shape index (κ1) is 14.4. The zero-order valence-electron chi connectivity index (χ0n) is 10.1. The van der Waals surface area contributed by atoms with Crippen molar-refractivity contribution in [1.82, 2.24) is 4.98 Å². The molecule has 1 heterocycles. The summed E-state index contributed by atoms with van der Waals surface area (Å²) in [5, 5.41) is 12.5. The zero-order valence-corrected chi connectivity index (χ0v) is 10.1. The van der Waals surface area contributed by atoms with E-state index in [0.29, 0.717) is 12.1 Å². The molecule has 1 N–H and O–H groups in total. The molecule has 0 aliphatic carbocycles. The highest BCUT2D eigenvalue weighted by Crippen LogP contribution is 2.22. The highest BCUT2D eigenvalue weighted by Gasteiger charge is 2.22. The molecule has 2 rings (SSSR count). The largest absolute Gasteiger partial charge is 0.307 e. The summed E-state index contributed by atoms with van der Waals surface area (Å²) in [5.41, 5.74) is -1.85. The Morgan fingerprint density at radius 3 is 2.52 bits per heavy atom. The summed E-state index contributed by atoms with van der Waals surface area (Å²) in [4.78, 5) is 24.4. The minimum atomic E-state index is -1.36. The van der Waals surface area contributed by atoms with Crippen molar-refractivity contribution in [3.8, 4) is 0 Å². The summed E-state index contributed by atoms with van der Waals surface area (Å²) in [6.07, 6.45) is 0. The summed E-state index contributed by atoms with van der Waals surface area (Å²) in [7, 11) is 0. The van der Waals surface area contributed by atoms with Gasteiger partial charge in [0.2, 0.25) is 11.8 Å². The van der Waals surface area contributed by atoms with Crippen molar-refractivity contribution in [1.29, 1.82) is 0 Å². The number of pyridine rings is 1. The molecule has 0 saturated heterocycles. The van der Waals surface area contributed by atoms with Crippen LogP contribution >= 0.6 is 0 Å². The third-order valence-corrected chi connectivity index (χ3v) is 2.43. The maximum absolute atomic E-state index is 13.6. The van der Waals surface area contributed by atoms with Gasteiger partial charge < -0.3 is 5.32 Å². The maximum Gasteiger partial charge on any atom is 0.307 e. The Kier molecular flexibility index (Phi) is 3.83. The van der Waals surface area contributed by atoms with Crippen molar-refractivity contribution in [2.75, 3.05) is 5.32 Å². The molecule has 0 aliphatic rings. The van der Waals surface area contributed by atoms with Gasteiger partial charge >= 0.3 is 5.69 Å². The van der Waals surface area contributed by atoms with Gasteiger partial charge in [0, 0.05) is 0 Å². The number of aromatic nitrogens is 1. The number of nitrogens with zero attached hydrogens (tertiary/aromatic N) is 2. The number of amides is 1. The van der Waals surface area contributed by atoms with Crippen LogP contribution in [0.1, 0.15) is 10.4 Å². The first-order valence-corrected chi connectivity index (χ1v) is 5.46. The average molecular weight is 297 g/mol. The SMILES string of the molecule is O=C(Nc1cccc(F)n1)c1cc(F)c([N+](=O)[O-])cc1F. The van der Waals surface area contributed by atoms with Gasteiger partial charge in [-0.15, -0.1) is 0 Å². The monoisotopic (exact) mass is 297 g/mol. The van der Waals surface area contributed by atoms with Gasteiger partial charge in [0.05, 0.1) is 16.6 Å². The van der Waals surface area contributed by atoms with Gasteiger partial charge in [-0.3, -0.25) is 14.9 Å². The second-order valence-corrected chi connectivity index (χ2v) is 3.84. The number of nitro groups is 1. The molecule has 0 bridgehead atoms. The third kappa shape index (κ3) is 3.14. The van der Waals surface area contributed by atoms with Crippen LogP contribution in [0.25, 0.3) is 0 Å². The fraction of sp³-hybridized carbons (Fsp3) is 0. The topological polar surface area (TPSA) is 85.1 Å². The molecule has 0 aliphatic heterocycles. The molecular weight excluding hydrogens is 291 g/mol. The number of nitro benzene ring substituents is 1. The highest BCUT2D eigenvalue weighted by atomic mass is 19.1. The fourth-order valence-electron chi connectivity index (χ4n) is 1.51. The van der Waals surface area contributed by atoms with Crippen LogP contribution < -0.4 is 5.32 Å². The van der Waals surface area contributed by atoms with Crippen molar-refractivity contribution in [3.05, 3.63) is 63.6 Å². The zero-order chi connectivity index (χ0) is 15.6. The van der Waals surface area contributed by atoms with E-state index in [0.717, 1.165) is 6.07 Å². The summed E-state index contributed by atoms with van der Waals surface area (Å²) in [6.45, 7) is 0. The van der Waals surface area contributed by atoms with Crippen molar-refractivity contribution in [2.24, 2.45) is 0 Å². The van der Waals surface area contributed by atoms with Gasteiger partial charge in [0.25, 0.3) is 5.91 Å². The smallest absolute Gasteiger partial charge is 0.306 e. The third-order valence-electron chi connectivity index (χ3n) is 2.43. The number of benzene rings is 1. The van der Waals surface area contributed by atoms with Crippen molar-refractivity contribution in [3.63, 3.8) is 0 Å². The number of hydrogen-bond donors (Lipinski definition) is 1. The molecule has 21 heavy (non-hydrogen) atoms. The van der Waals surface area contributed by atoms with E-state index >= 15 is 0 Å². The molecule has 9 heteroatoms. The summed E-state index contributed by atoms with van der Waals surface area (Å²) < 4.78 is 39.8. The van der Waals surface area contributed by atoms with Gasteiger partial charge in [0.1, 0.15) is 11.6 Å². The van der Waals surface area contributed by atoms with Crippen LogP contribution in [0.5, 0.6) is 0 Å². The van der Waals surface area contributed by atoms with Crippen LogP contribution in [-0.4, -0.2) is 15.8 Å². The van der Waals surface area contributed by atoms with Crippen LogP contribution in [0.3, 0.4) is 0 Å². The first-order chi connectivity index (χ1) is 9.88. The molecule has 6 nitrogen and oxygen atoms in total. The quantitative estimate of drug-likeness (QED) is 0.536. The molecule has 1 aromatic carbocycles. The lowest BCUT2D eigenvalue weighted by Crippen LogP contribution is -2.15. The Bertz CT molecular complexity index is 737. The Morgan fingerprint density at radius 2 is 1.90 bits per heavy atom. The minimum Gasteiger partial charge on any atom is -0.306 e. The number of carbonyl (C=O) groups is 1. The van der Waals surface area contributed by atoms with E-state index in [1.54, 1.807) is 0 Å². The number of hydrogen-bond acceptors (Lipinski definition) is 4. The van der Waals surface area contributed by atoms with E-state index in [1.165, 1.54) is 12.1 Å². The predicted octanol–water partition coefficient (Wildman–Crippen LogP) is 2.66. The molecule has 2 aromatic rings. The van der Waals surface area contributed by atoms with E-state index in [2.05, 4.69) is 4.98 Å². The van der Waals surface area contributed by atoms with Gasteiger partial charge in [0.15, 0.2) is 0 Å². The maximum atomic E-state index is 13.6. The van der Waals surface area contributed by atoms with Gasteiger partial charge in [-0.05, 0) is 18.2 Å². The average Bonchev–Trinajstić information content (AvgIpc) is 2.40. The number of carbonyl (C=O) groups excluding carboxylic acids is 1.